The number of hydrogen-bond donors (Lipinski definition) is 1. The summed E-state index contributed by atoms with van der Waals surface area (Å²) >= 11 is 0. The summed E-state index contributed by atoms with van der Waals surface area (Å²) in [5.41, 5.74) is 1.97. The first-order valence-electron chi connectivity index (χ1n) is 8.90. The van der Waals surface area contributed by atoms with E-state index in [1.165, 1.54) is 24.1 Å². The van der Waals surface area contributed by atoms with Crippen LogP contribution in [0.1, 0.15) is 24.5 Å². The number of hydrogen-bond acceptors (Lipinski definition) is 3. The van der Waals surface area contributed by atoms with Crippen molar-refractivity contribution in [1.29, 1.82) is 0 Å². The predicted molar refractivity (Wildman–Crippen MR) is 102 cm³/mol. The molecule has 27 heavy (non-hydrogen) atoms. The van der Waals surface area contributed by atoms with Crippen molar-refractivity contribution in [2.45, 2.75) is 32.9 Å². The minimum atomic E-state index is -0.633. The second-order valence-corrected chi connectivity index (χ2v) is 6.21. The van der Waals surface area contributed by atoms with Crippen molar-refractivity contribution < 1.29 is 18.7 Å². The molecule has 0 saturated carbocycles. The van der Waals surface area contributed by atoms with Gasteiger partial charge in [-0.15, -0.1) is 0 Å². The summed E-state index contributed by atoms with van der Waals surface area (Å²) in [5, 5.41) is 2.60. The smallest absolute Gasteiger partial charge is 0.261 e. The van der Waals surface area contributed by atoms with Crippen molar-refractivity contribution >= 4 is 11.8 Å². The Balaban J connectivity index is 2.22. The highest BCUT2D eigenvalue weighted by Crippen LogP contribution is 2.18. The van der Waals surface area contributed by atoms with Crippen LogP contribution in [0.2, 0.25) is 0 Å². The van der Waals surface area contributed by atoms with Gasteiger partial charge in [-0.1, -0.05) is 43.3 Å². The molecule has 2 aromatic carbocycles. The van der Waals surface area contributed by atoms with Crippen molar-refractivity contribution in [3.8, 4) is 5.75 Å². The molecule has 0 aliphatic rings. The zero-order chi connectivity index (χ0) is 19.8. The molecule has 0 fully saturated rings. The second kappa shape index (κ2) is 9.71. The zero-order valence-corrected chi connectivity index (χ0v) is 15.9. The summed E-state index contributed by atoms with van der Waals surface area (Å²) in [6.45, 7) is 3.73. The Morgan fingerprint density at radius 1 is 1.15 bits per heavy atom. The van der Waals surface area contributed by atoms with Crippen LogP contribution in [-0.2, 0) is 16.1 Å². The monoisotopic (exact) mass is 372 g/mol. The summed E-state index contributed by atoms with van der Waals surface area (Å²) in [4.78, 5) is 26.6. The van der Waals surface area contributed by atoms with Crippen molar-refractivity contribution in [3.05, 3.63) is 65.5 Å². The number of para-hydroxylation sites is 1. The van der Waals surface area contributed by atoms with Crippen LogP contribution in [-0.4, -0.2) is 36.4 Å². The Labute approximate surface area is 159 Å². The van der Waals surface area contributed by atoms with Crippen LogP contribution in [0.25, 0.3) is 0 Å². The molecule has 1 atom stereocenters. The van der Waals surface area contributed by atoms with Gasteiger partial charge in [0.2, 0.25) is 5.91 Å². The van der Waals surface area contributed by atoms with Crippen molar-refractivity contribution in [3.63, 3.8) is 0 Å². The highest BCUT2D eigenvalue weighted by atomic mass is 19.1. The number of aryl methyl sites for hydroxylation is 1. The van der Waals surface area contributed by atoms with E-state index >= 15 is 0 Å². The van der Waals surface area contributed by atoms with Gasteiger partial charge in [-0.3, -0.25) is 9.59 Å². The number of carbonyl (C=O) groups is 2. The number of likely N-dealkylation sites (N-methyl/N-ethyl adjacent to an activating group) is 1. The average molecular weight is 372 g/mol. The van der Waals surface area contributed by atoms with Crippen LogP contribution in [0.5, 0.6) is 5.75 Å². The van der Waals surface area contributed by atoms with E-state index in [0.717, 1.165) is 11.1 Å². The third-order valence-corrected chi connectivity index (χ3v) is 4.42. The molecule has 0 radical (unpaired) electrons. The van der Waals surface area contributed by atoms with E-state index in [1.807, 2.05) is 38.1 Å². The van der Waals surface area contributed by atoms with E-state index in [9.17, 15) is 14.0 Å². The van der Waals surface area contributed by atoms with Gasteiger partial charge < -0.3 is 15.0 Å². The Bertz CT molecular complexity index is 795. The van der Waals surface area contributed by atoms with Crippen LogP contribution < -0.4 is 10.1 Å². The fourth-order valence-corrected chi connectivity index (χ4v) is 2.84. The Kier molecular flexibility index (Phi) is 7.34. The van der Waals surface area contributed by atoms with Crippen LogP contribution in [0, 0.1) is 12.7 Å². The van der Waals surface area contributed by atoms with Gasteiger partial charge in [0.25, 0.3) is 5.91 Å². The van der Waals surface area contributed by atoms with Gasteiger partial charge in [0.15, 0.2) is 18.2 Å². The molecule has 2 rings (SSSR count). The van der Waals surface area contributed by atoms with Crippen LogP contribution in [0.15, 0.2) is 48.5 Å². The molecule has 0 bridgehead atoms. The molecule has 0 aromatic heterocycles. The second-order valence-electron chi connectivity index (χ2n) is 6.21. The molecule has 1 N–H and O–H groups in total. The molecular weight excluding hydrogens is 347 g/mol. The summed E-state index contributed by atoms with van der Waals surface area (Å²) < 4.78 is 19.1. The largest absolute Gasteiger partial charge is 0.481 e. The summed E-state index contributed by atoms with van der Waals surface area (Å²) in [6.07, 6.45) is 0.455. The first-order chi connectivity index (χ1) is 13.0. The number of ether oxygens (including phenoxy) is 1. The van der Waals surface area contributed by atoms with Gasteiger partial charge in [0.05, 0.1) is 0 Å². The van der Waals surface area contributed by atoms with E-state index in [1.54, 1.807) is 12.1 Å². The standard InChI is InChI=1S/C21H25FN2O3/c1-4-18(21(26)23-3)24(13-16-10-6-5-9-15(16)2)20(25)14-27-19-12-8-7-11-17(19)22/h5-12,18H,4,13-14H2,1-3H3,(H,23,26). The van der Waals surface area contributed by atoms with E-state index in [0.29, 0.717) is 6.42 Å². The summed E-state index contributed by atoms with van der Waals surface area (Å²) in [6, 6.07) is 13.0. The topological polar surface area (TPSA) is 58.6 Å². The minimum Gasteiger partial charge on any atom is -0.481 e. The molecule has 0 aliphatic heterocycles. The quantitative estimate of drug-likeness (QED) is 0.775. The molecule has 1 unspecified atom stereocenters. The number of nitrogens with one attached hydrogen (secondary N) is 1. The number of amides is 2. The average Bonchev–Trinajstić information content (AvgIpc) is 2.68. The number of benzene rings is 2. The molecule has 2 amide bonds. The van der Waals surface area contributed by atoms with E-state index in [4.69, 9.17) is 4.74 Å². The van der Waals surface area contributed by atoms with Gasteiger partial charge in [-0.2, -0.15) is 0 Å². The number of carbonyl (C=O) groups excluding carboxylic acids is 2. The highest BCUT2D eigenvalue weighted by molar-refractivity contribution is 5.88. The number of nitrogens with zero attached hydrogens (tertiary/aromatic N) is 1. The van der Waals surface area contributed by atoms with Crippen LogP contribution in [0.3, 0.4) is 0 Å². The molecule has 6 heteroatoms. The van der Waals surface area contributed by atoms with Gasteiger partial charge in [-0.25, -0.2) is 4.39 Å². The SMILES string of the molecule is CCC(C(=O)NC)N(Cc1ccccc1C)C(=O)COc1ccccc1F. The lowest BCUT2D eigenvalue weighted by atomic mass is 10.1. The Morgan fingerprint density at radius 2 is 1.81 bits per heavy atom. The van der Waals surface area contributed by atoms with Crippen molar-refractivity contribution in [1.82, 2.24) is 10.2 Å². The van der Waals surface area contributed by atoms with E-state index < -0.39 is 11.9 Å². The number of halogens is 1. The predicted octanol–water partition coefficient (Wildman–Crippen LogP) is 3.07. The molecule has 0 spiro atoms. The molecular formula is C21H25FN2O3. The van der Waals surface area contributed by atoms with Crippen molar-refractivity contribution in [2.75, 3.05) is 13.7 Å². The van der Waals surface area contributed by atoms with E-state index in [-0.39, 0.29) is 30.7 Å². The third kappa shape index (κ3) is 5.29. The molecule has 0 saturated heterocycles. The summed E-state index contributed by atoms with van der Waals surface area (Å²) in [5.74, 6) is -1.15. The van der Waals surface area contributed by atoms with Gasteiger partial charge in [-0.05, 0) is 36.6 Å². The lowest BCUT2D eigenvalue weighted by molar-refractivity contribution is -0.142. The molecule has 144 valence electrons. The van der Waals surface area contributed by atoms with Gasteiger partial charge in [0, 0.05) is 13.6 Å². The Hall–Kier alpha value is -2.89. The van der Waals surface area contributed by atoms with Crippen LogP contribution >= 0.6 is 0 Å². The third-order valence-electron chi connectivity index (χ3n) is 4.42. The van der Waals surface area contributed by atoms with E-state index in [2.05, 4.69) is 5.32 Å². The first-order valence-corrected chi connectivity index (χ1v) is 8.90. The van der Waals surface area contributed by atoms with Gasteiger partial charge in [0.1, 0.15) is 6.04 Å². The maximum atomic E-state index is 13.7. The molecule has 5 nitrogen and oxygen atoms in total. The van der Waals surface area contributed by atoms with Crippen molar-refractivity contribution in [2.24, 2.45) is 0 Å². The lowest BCUT2D eigenvalue weighted by Crippen LogP contribution is -2.49. The molecule has 2 aromatic rings. The maximum absolute atomic E-state index is 13.7. The normalized spacial score (nSPS) is 11.6. The molecule has 0 heterocycles. The maximum Gasteiger partial charge on any atom is 0.261 e. The summed E-state index contributed by atoms with van der Waals surface area (Å²) in [7, 11) is 1.54. The first kappa shape index (κ1) is 20.4. The Morgan fingerprint density at radius 3 is 2.44 bits per heavy atom. The molecule has 0 aliphatic carbocycles. The van der Waals surface area contributed by atoms with Gasteiger partial charge >= 0.3 is 0 Å². The fourth-order valence-electron chi connectivity index (χ4n) is 2.84. The number of rotatable bonds is 8. The highest BCUT2D eigenvalue weighted by Gasteiger charge is 2.28. The lowest BCUT2D eigenvalue weighted by Gasteiger charge is -2.30. The minimum absolute atomic E-state index is 0.00897. The zero-order valence-electron chi connectivity index (χ0n) is 15.9. The fraction of sp³-hybridized carbons (Fsp3) is 0.333. The van der Waals surface area contributed by atoms with Crippen LogP contribution in [0.4, 0.5) is 4.39 Å².